The van der Waals surface area contributed by atoms with Crippen molar-refractivity contribution in [3.63, 3.8) is 0 Å². The van der Waals surface area contributed by atoms with Crippen molar-refractivity contribution in [2.45, 2.75) is 38.8 Å². The van der Waals surface area contributed by atoms with Crippen molar-refractivity contribution in [1.29, 1.82) is 0 Å². The summed E-state index contributed by atoms with van der Waals surface area (Å²) in [4.78, 5) is 9.20. The zero-order valence-corrected chi connectivity index (χ0v) is 11.3. The highest BCUT2D eigenvalue weighted by Gasteiger charge is 2.37. The number of nitrogens with zero attached hydrogens (tertiary/aromatic N) is 2. The number of nitrogens with two attached hydrogens (primary N) is 1. The smallest absolute Gasteiger partial charge is 0.160 e. The van der Waals surface area contributed by atoms with Crippen LogP contribution < -0.4 is 5.73 Å². The number of aryl methyl sites for hydroxylation is 2. The highest BCUT2D eigenvalue weighted by molar-refractivity contribution is 5.25. The highest BCUT2D eigenvalue weighted by atomic mass is 16.5. The molecule has 5 heteroatoms. The minimum atomic E-state index is -0.402. The Bertz CT molecular complexity index is 405. The molecule has 1 aliphatic heterocycles. The van der Waals surface area contributed by atoms with Crippen molar-refractivity contribution in [3.8, 4) is 0 Å². The Morgan fingerprint density at radius 3 is 2.22 bits per heavy atom. The summed E-state index contributed by atoms with van der Waals surface area (Å²) in [5, 5.41) is 0. The number of hydrogen-bond acceptors (Lipinski definition) is 5. The molecule has 2 N–H and O–H groups in total. The molecule has 5 nitrogen and oxygen atoms in total. The second-order valence-corrected chi connectivity index (χ2v) is 4.71. The van der Waals surface area contributed by atoms with Gasteiger partial charge >= 0.3 is 0 Å². The summed E-state index contributed by atoms with van der Waals surface area (Å²) in [5.74, 6) is 0.764. The van der Waals surface area contributed by atoms with Crippen LogP contribution >= 0.6 is 0 Å². The molecule has 1 aromatic heterocycles. The predicted octanol–water partition coefficient (Wildman–Crippen LogP) is 1.20. The van der Waals surface area contributed by atoms with E-state index in [4.69, 9.17) is 15.2 Å². The molecular weight excluding hydrogens is 230 g/mol. The van der Waals surface area contributed by atoms with E-state index in [1.807, 2.05) is 13.8 Å². The monoisotopic (exact) mass is 251 g/mol. The summed E-state index contributed by atoms with van der Waals surface area (Å²) in [6.07, 6.45) is 1.59. The second-order valence-electron chi connectivity index (χ2n) is 4.71. The zero-order valence-electron chi connectivity index (χ0n) is 11.3. The number of hydrogen-bond donors (Lipinski definition) is 1. The van der Waals surface area contributed by atoms with Gasteiger partial charge in [0.05, 0.1) is 0 Å². The van der Waals surface area contributed by atoms with E-state index in [0.29, 0.717) is 19.8 Å². The largest absolute Gasteiger partial charge is 0.381 e. The molecule has 0 aromatic carbocycles. The molecule has 0 radical (unpaired) electrons. The fourth-order valence-corrected chi connectivity index (χ4v) is 2.46. The number of rotatable bonds is 3. The molecule has 1 aromatic rings. The quantitative estimate of drug-likeness (QED) is 0.874. The summed E-state index contributed by atoms with van der Waals surface area (Å²) >= 11 is 0. The van der Waals surface area contributed by atoms with Crippen molar-refractivity contribution in [1.82, 2.24) is 9.97 Å². The molecule has 0 aliphatic carbocycles. The molecule has 0 spiro atoms. The van der Waals surface area contributed by atoms with Crippen LogP contribution in [0.2, 0.25) is 0 Å². The molecule has 0 unspecified atom stereocenters. The van der Waals surface area contributed by atoms with Gasteiger partial charge in [-0.15, -0.1) is 0 Å². The Balaban J connectivity index is 2.43. The molecule has 2 heterocycles. The topological polar surface area (TPSA) is 70.3 Å². The molecule has 100 valence electrons. The van der Waals surface area contributed by atoms with Crippen LogP contribution in [0.3, 0.4) is 0 Å². The molecule has 1 saturated heterocycles. The third-order valence-corrected chi connectivity index (χ3v) is 3.72. The van der Waals surface area contributed by atoms with Gasteiger partial charge in [-0.3, -0.25) is 0 Å². The van der Waals surface area contributed by atoms with Gasteiger partial charge in [-0.2, -0.15) is 0 Å². The van der Waals surface area contributed by atoms with Gasteiger partial charge in [0.15, 0.2) is 5.82 Å². The van der Waals surface area contributed by atoms with E-state index in [2.05, 4.69) is 9.97 Å². The lowest BCUT2D eigenvalue weighted by molar-refractivity contribution is -0.100. The van der Waals surface area contributed by atoms with Crippen LogP contribution in [0.5, 0.6) is 0 Å². The first-order valence-electron chi connectivity index (χ1n) is 6.30. The summed E-state index contributed by atoms with van der Waals surface area (Å²) in [7, 11) is 1.72. The summed E-state index contributed by atoms with van der Waals surface area (Å²) in [6.45, 7) is 5.80. The minimum absolute atomic E-state index is 0.402. The van der Waals surface area contributed by atoms with E-state index >= 15 is 0 Å². The summed E-state index contributed by atoms with van der Waals surface area (Å²) < 4.78 is 11.1. The Morgan fingerprint density at radius 1 is 1.22 bits per heavy atom. The van der Waals surface area contributed by atoms with E-state index in [-0.39, 0.29) is 0 Å². The van der Waals surface area contributed by atoms with Gasteiger partial charge in [0.2, 0.25) is 0 Å². The molecule has 1 aliphatic rings. The normalized spacial score (nSPS) is 18.9. The Morgan fingerprint density at radius 2 is 1.78 bits per heavy atom. The van der Waals surface area contributed by atoms with Gasteiger partial charge in [0, 0.05) is 56.7 Å². The van der Waals surface area contributed by atoms with Crippen molar-refractivity contribution >= 4 is 0 Å². The SMILES string of the molecule is COC1(c2nc(C)c(CN)c(C)n2)CCOCC1. The molecule has 0 amide bonds. The van der Waals surface area contributed by atoms with Crippen LogP contribution in [0.4, 0.5) is 0 Å². The first-order chi connectivity index (χ1) is 8.63. The predicted molar refractivity (Wildman–Crippen MR) is 68.1 cm³/mol. The van der Waals surface area contributed by atoms with E-state index in [0.717, 1.165) is 35.6 Å². The molecule has 1 fully saturated rings. The Labute approximate surface area is 108 Å². The van der Waals surface area contributed by atoms with Gasteiger partial charge in [-0.25, -0.2) is 9.97 Å². The lowest BCUT2D eigenvalue weighted by Gasteiger charge is -2.34. The fourth-order valence-electron chi connectivity index (χ4n) is 2.46. The van der Waals surface area contributed by atoms with Crippen LogP contribution in [0, 0.1) is 13.8 Å². The van der Waals surface area contributed by atoms with Gasteiger partial charge in [0.1, 0.15) is 5.60 Å². The molecule has 18 heavy (non-hydrogen) atoms. The van der Waals surface area contributed by atoms with Crippen LogP contribution in [0.1, 0.15) is 35.6 Å². The molecular formula is C13H21N3O2. The van der Waals surface area contributed by atoms with Crippen LogP contribution in [-0.2, 0) is 21.6 Å². The number of ether oxygens (including phenoxy) is 2. The lowest BCUT2D eigenvalue weighted by Crippen LogP contribution is -2.38. The second kappa shape index (κ2) is 5.30. The third-order valence-electron chi connectivity index (χ3n) is 3.72. The fraction of sp³-hybridized carbons (Fsp3) is 0.692. The maximum atomic E-state index is 5.71. The molecule has 0 bridgehead atoms. The Hall–Kier alpha value is -1.04. The van der Waals surface area contributed by atoms with Gasteiger partial charge < -0.3 is 15.2 Å². The van der Waals surface area contributed by atoms with Crippen molar-refractivity contribution < 1.29 is 9.47 Å². The first-order valence-corrected chi connectivity index (χ1v) is 6.30. The Kier molecular flexibility index (Phi) is 3.94. The van der Waals surface area contributed by atoms with Crippen LogP contribution in [-0.4, -0.2) is 30.3 Å². The average Bonchev–Trinajstić information content (AvgIpc) is 2.39. The van der Waals surface area contributed by atoms with E-state index in [1.54, 1.807) is 7.11 Å². The van der Waals surface area contributed by atoms with E-state index in [9.17, 15) is 0 Å². The maximum absolute atomic E-state index is 5.71. The molecule has 2 rings (SSSR count). The minimum Gasteiger partial charge on any atom is -0.381 e. The average molecular weight is 251 g/mol. The van der Waals surface area contributed by atoms with E-state index in [1.165, 1.54) is 0 Å². The van der Waals surface area contributed by atoms with Crippen LogP contribution in [0.25, 0.3) is 0 Å². The zero-order chi connectivity index (χ0) is 13.2. The summed E-state index contributed by atoms with van der Waals surface area (Å²) in [6, 6.07) is 0. The molecule has 0 atom stereocenters. The standard InChI is InChI=1S/C13H21N3O2/c1-9-11(8-14)10(2)16-12(15-9)13(17-3)4-6-18-7-5-13/h4-8,14H2,1-3H3. The van der Waals surface area contributed by atoms with Gasteiger partial charge in [0.25, 0.3) is 0 Å². The van der Waals surface area contributed by atoms with Crippen molar-refractivity contribution in [3.05, 3.63) is 22.8 Å². The number of aromatic nitrogens is 2. The first kappa shape index (κ1) is 13.4. The summed E-state index contributed by atoms with van der Waals surface area (Å²) in [5.41, 5.74) is 8.23. The van der Waals surface area contributed by atoms with Crippen LogP contribution in [0.15, 0.2) is 0 Å². The highest BCUT2D eigenvalue weighted by Crippen LogP contribution is 2.33. The van der Waals surface area contributed by atoms with Gasteiger partial charge in [-0.1, -0.05) is 0 Å². The maximum Gasteiger partial charge on any atom is 0.160 e. The van der Waals surface area contributed by atoms with Crippen molar-refractivity contribution in [2.24, 2.45) is 5.73 Å². The lowest BCUT2D eigenvalue weighted by atomic mass is 9.92. The third kappa shape index (κ3) is 2.25. The number of methoxy groups -OCH3 is 1. The van der Waals surface area contributed by atoms with Crippen molar-refractivity contribution in [2.75, 3.05) is 20.3 Å². The van der Waals surface area contributed by atoms with Gasteiger partial charge in [-0.05, 0) is 13.8 Å². The van der Waals surface area contributed by atoms with E-state index < -0.39 is 5.60 Å². The molecule has 0 saturated carbocycles.